The van der Waals surface area contributed by atoms with Crippen LogP contribution < -0.4 is 5.32 Å². The van der Waals surface area contributed by atoms with Crippen LogP contribution in [-0.4, -0.2) is 23.7 Å². The van der Waals surface area contributed by atoms with E-state index in [0.29, 0.717) is 0 Å². The van der Waals surface area contributed by atoms with Crippen LogP contribution in [0.2, 0.25) is 0 Å². The zero-order chi connectivity index (χ0) is 13.9. The molecule has 0 bridgehead atoms. The van der Waals surface area contributed by atoms with Crippen LogP contribution in [0.15, 0.2) is 18.2 Å². The molecule has 1 fully saturated rings. The summed E-state index contributed by atoms with van der Waals surface area (Å²) in [6, 6.07) is 6.22. The van der Waals surface area contributed by atoms with Gasteiger partial charge in [-0.05, 0) is 55.4 Å². The number of carbonyl (C=O) groups excluding carboxylic acids is 1. The molecule has 2 unspecified atom stereocenters. The standard InChI is InChI=1S/C17H23NO2/c19-11-15-4-1-2-7-16(15)18-17(20)14-9-8-12-5-3-6-13(12)10-14/h8-10,15-16,19H,1-7,11H2,(H,18,20). The first kappa shape index (κ1) is 13.6. The summed E-state index contributed by atoms with van der Waals surface area (Å²) in [5.41, 5.74) is 3.50. The van der Waals surface area contributed by atoms with Gasteiger partial charge in [0.2, 0.25) is 0 Å². The van der Waals surface area contributed by atoms with Crippen LogP contribution in [0, 0.1) is 5.92 Å². The minimum Gasteiger partial charge on any atom is -0.396 e. The normalized spacial score (nSPS) is 25.2. The molecule has 0 heterocycles. The maximum Gasteiger partial charge on any atom is 0.251 e. The van der Waals surface area contributed by atoms with E-state index >= 15 is 0 Å². The molecule has 0 aromatic heterocycles. The van der Waals surface area contributed by atoms with E-state index in [1.807, 2.05) is 6.07 Å². The number of nitrogens with one attached hydrogen (secondary N) is 1. The number of benzene rings is 1. The van der Waals surface area contributed by atoms with Crippen molar-refractivity contribution in [2.24, 2.45) is 5.92 Å². The summed E-state index contributed by atoms with van der Waals surface area (Å²) in [6.07, 6.45) is 7.76. The zero-order valence-corrected chi connectivity index (χ0v) is 11.9. The number of hydrogen-bond donors (Lipinski definition) is 2. The van der Waals surface area contributed by atoms with E-state index in [-0.39, 0.29) is 24.5 Å². The van der Waals surface area contributed by atoms with Crippen LogP contribution in [0.4, 0.5) is 0 Å². The van der Waals surface area contributed by atoms with Crippen molar-refractivity contribution >= 4 is 5.91 Å². The smallest absolute Gasteiger partial charge is 0.251 e. The van der Waals surface area contributed by atoms with Crippen molar-refractivity contribution < 1.29 is 9.90 Å². The highest BCUT2D eigenvalue weighted by Gasteiger charge is 2.26. The van der Waals surface area contributed by atoms with Crippen molar-refractivity contribution in [1.82, 2.24) is 5.32 Å². The molecular formula is C17H23NO2. The van der Waals surface area contributed by atoms with Gasteiger partial charge in [0.15, 0.2) is 0 Å². The number of rotatable bonds is 3. The van der Waals surface area contributed by atoms with Gasteiger partial charge in [-0.15, -0.1) is 0 Å². The number of amides is 1. The van der Waals surface area contributed by atoms with Crippen LogP contribution >= 0.6 is 0 Å². The largest absolute Gasteiger partial charge is 0.396 e. The molecule has 1 aromatic carbocycles. The Bertz CT molecular complexity index is 498. The molecule has 0 saturated heterocycles. The molecule has 1 saturated carbocycles. The summed E-state index contributed by atoms with van der Waals surface area (Å²) in [6.45, 7) is 0.176. The Balaban J connectivity index is 1.69. The third kappa shape index (κ3) is 2.73. The molecule has 1 amide bonds. The molecule has 1 aromatic rings. The van der Waals surface area contributed by atoms with Gasteiger partial charge >= 0.3 is 0 Å². The lowest BCUT2D eigenvalue weighted by Gasteiger charge is -2.30. The van der Waals surface area contributed by atoms with Crippen molar-refractivity contribution in [3.05, 3.63) is 34.9 Å². The quantitative estimate of drug-likeness (QED) is 0.888. The highest BCUT2D eigenvalue weighted by atomic mass is 16.3. The number of hydrogen-bond acceptors (Lipinski definition) is 2. The molecule has 3 nitrogen and oxygen atoms in total. The maximum absolute atomic E-state index is 12.4. The van der Waals surface area contributed by atoms with Crippen molar-refractivity contribution in [3.8, 4) is 0 Å². The highest BCUT2D eigenvalue weighted by Crippen LogP contribution is 2.25. The molecule has 2 aliphatic carbocycles. The lowest BCUT2D eigenvalue weighted by atomic mass is 9.85. The molecule has 20 heavy (non-hydrogen) atoms. The highest BCUT2D eigenvalue weighted by molar-refractivity contribution is 5.94. The Morgan fingerprint density at radius 1 is 1.15 bits per heavy atom. The van der Waals surface area contributed by atoms with Crippen molar-refractivity contribution in [1.29, 1.82) is 0 Å². The lowest BCUT2D eigenvalue weighted by Crippen LogP contribution is -2.43. The van der Waals surface area contributed by atoms with E-state index < -0.39 is 0 Å². The van der Waals surface area contributed by atoms with Gasteiger partial charge in [0.05, 0.1) is 0 Å². The second-order valence-corrected chi connectivity index (χ2v) is 6.14. The summed E-state index contributed by atoms with van der Waals surface area (Å²) < 4.78 is 0. The van der Waals surface area contributed by atoms with Gasteiger partial charge in [0.25, 0.3) is 5.91 Å². The Hall–Kier alpha value is -1.35. The summed E-state index contributed by atoms with van der Waals surface area (Å²) in [4.78, 5) is 12.4. The van der Waals surface area contributed by atoms with E-state index in [1.54, 1.807) is 0 Å². The van der Waals surface area contributed by atoms with Crippen LogP contribution in [-0.2, 0) is 12.8 Å². The second-order valence-electron chi connectivity index (χ2n) is 6.14. The van der Waals surface area contributed by atoms with Crippen LogP contribution in [0.1, 0.15) is 53.6 Å². The van der Waals surface area contributed by atoms with Gasteiger partial charge < -0.3 is 10.4 Å². The molecule has 0 aliphatic heterocycles. The van der Waals surface area contributed by atoms with E-state index in [9.17, 15) is 9.90 Å². The molecular weight excluding hydrogens is 250 g/mol. The summed E-state index contributed by atoms with van der Waals surface area (Å²) in [5.74, 6) is 0.243. The predicted octanol–water partition coefficient (Wildman–Crippen LogP) is 2.46. The molecule has 3 heteroatoms. The van der Waals surface area contributed by atoms with Crippen LogP contribution in [0.25, 0.3) is 0 Å². The Kier molecular flexibility index (Phi) is 4.06. The number of aliphatic hydroxyl groups excluding tert-OH is 1. The number of fused-ring (bicyclic) bond motifs is 1. The zero-order valence-electron chi connectivity index (χ0n) is 11.9. The second kappa shape index (κ2) is 5.96. The van der Waals surface area contributed by atoms with Crippen molar-refractivity contribution in [2.75, 3.05) is 6.61 Å². The van der Waals surface area contributed by atoms with Gasteiger partial charge in [-0.2, -0.15) is 0 Å². The molecule has 2 N–H and O–H groups in total. The van der Waals surface area contributed by atoms with E-state index in [4.69, 9.17) is 0 Å². The lowest BCUT2D eigenvalue weighted by molar-refractivity contribution is 0.0872. The maximum atomic E-state index is 12.4. The fraction of sp³-hybridized carbons (Fsp3) is 0.588. The average molecular weight is 273 g/mol. The minimum absolute atomic E-state index is 0.0186. The minimum atomic E-state index is 0.0186. The Morgan fingerprint density at radius 2 is 1.95 bits per heavy atom. The fourth-order valence-corrected chi connectivity index (χ4v) is 3.58. The van der Waals surface area contributed by atoms with E-state index in [0.717, 1.165) is 44.1 Å². The Labute approximate surface area is 120 Å². The monoisotopic (exact) mass is 273 g/mol. The molecule has 3 rings (SSSR count). The van der Waals surface area contributed by atoms with Gasteiger partial charge in [-0.25, -0.2) is 0 Å². The fourth-order valence-electron chi connectivity index (χ4n) is 3.58. The molecule has 2 aliphatic rings. The summed E-state index contributed by atoms with van der Waals surface area (Å²) >= 11 is 0. The van der Waals surface area contributed by atoms with Gasteiger partial charge in [0, 0.05) is 24.1 Å². The first-order valence-corrected chi connectivity index (χ1v) is 7.81. The number of carbonyl (C=O) groups is 1. The molecule has 0 spiro atoms. The first-order chi connectivity index (χ1) is 9.78. The topological polar surface area (TPSA) is 49.3 Å². The molecule has 108 valence electrons. The van der Waals surface area contributed by atoms with Crippen molar-refractivity contribution in [2.45, 2.75) is 51.0 Å². The predicted molar refractivity (Wildman–Crippen MR) is 78.8 cm³/mol. The number of aryl methyl sites for hydroxylation is 2. The van der Waals surface area contributed by atoms with Gasteiger partial charge in [-0.1, -0.05) is 18.9 Å². The van der Waals surface area contributed by atoms with Gasteiger partial charge in [-0.3, -0.25) is 4.79 Å². The summed E-state index contributed by atoms with van der Waals surface area (Å²) in [5, 5.41) is 12.5. The van der Waals surface area contributed by atoms with E-state index in [1.165, 1.54) is 17.5 Å². The molecule has 2 atom stereocenters. The molecule has 0 radical (unpaired) electrons. The van der Waals surface area contributed by atoms with Crippen LogP contribution in [0.3, 0.4) is 0 Å². The third-order valence-electron chi connectivity index (χ3n) is 4.82. The van der Waals surface area contributed by atoms with Crippen LogP contribution in [0.5, 0.6) is 0 Å². The van der Waals surface area contributed by atoms with Crippen molar-refractivity contribution in [3.63, 3.8) is 0 Å². The van der Waals surface area contributed by atoms with Gasteiger partial charge in [0.1, 0.15) is 0 Å². The SMILES string of the molecule is O=C(NC1CCCCC1CO)c1ccc2c(c1)CCC2. The average Bonchev–Trinajstić information content (AvgIpc) is 2.95. The Morgan fingerprint density at radius 3 is 2.80 bits per heavy atom. The number of aliphatic hydroxyl groups is 1. The summed E-state index contributed by atoms with van der Waals surface area (Å²) in [7, 11) is 0. The third-order valence-corrected chi connectivity index (χ3v) is 4.82. The van der Waals surface area contributed by atoms with E-state index in [2.05, 4.69) is 17.4 Å². The first-order valence-electron chi connectivity index (χ1n) is 7.81.